The van der Waals surface area contributed by atoms with Crippen LogP contribution >= 0.6 is 0 Å². The number of carbonyl (C=O) groups excluding carboxylic acids is 1. The SMILES string of the molecule is NC(=O)OCc1nc(-c2ccc(F)cc2)cn1C1CCCCC1. The number of nitrogens with two attached hydrogens (primary N) is 1. The minimum Gasteiger partial charge on any atom is -0.442 e. The summed E-state index contributed by atoms with van der Waals surface area (Å²) < 4.78 is 20.1. The predicted molar refractivity (Wildman–Crippen MR) is 84.1 cm³/mol. The normalized spacial score (nSPS) is 15.5. The molecule has 0 aliphatic heterocycles. The summed E-state index contributed by atoms with van der Waals surface area (Å²) >= 11 is 0. The van der Waals surface area contributed by atoms with Gasteiger partial charge in [0.15, 0.2) is 6.61 Å². The van der Waals surface area contributed by atoms with Crippen LogP contribution in [0.15, 0.2) is 30.5 Å². The van der Waals surface area contributed by atoms with Crippen molar-refractivity contribution >= 4 is 6.09 Å². The van der Waals surface area contributed by atoms with E-state index in [-0.39, 0.29) is 12.4 Å². The summed E-state index contributed by atoms with van der Waals surface area (Å²) in [5.41, 5.74) is 6.65. The molecule has 2 aromatic rings. The van der Waals surface area contributed by atoms with Crippen LogP contribution in [0.4, 0.5) is 9.18 Å². The number of carbonyl (C=O) groups is 1. The van der Waals surface area contributed by atoms with Gasteiger partial charge in [0.2, 0.25) is 0 Å². The number of ether oxygens (including phenoxy) is 1. The number of halogens is 1. The lowest BCUT2D eigenvalue weighted by Crippen LogP contribution is -2.18. The van der Waals surface area contributed by atoms with Crippen molar-refractivity contribution in [1.82, 2.24) is 9.55 Å². The van der Waals surface area contributed by atoms with Gasteiger partial charge in [-0.05, 0) is 37.1 Å². The van der Waals surface area contributed by atoms with Crippen LogP contribution < -0.4 is 5.73 Å². The molecule has 2 N–H and O–H groups in total. The second kappa shape index (κ2) is 6.81. The van der Waals surface area contributed by atoms with Gasteiger partial charge in [-0.2, -0.15) is 0 Å². The number of primary amides is 1. The Kier molecular flexibility index (Phi) is 4.60. The number of hydrogen-bond donors (Lipinski definition) is 1. The first-order chi connectivity index (χ1) is 11.1. The van der Waals surface area contributed by atoms with Crippen LogP contribution in [-0.4, -0.2) is 15.6 Å². The molecule has 122 valence electrons. The number of hydrogen-bond acceptors (Lipinski definition) is 3. The summed E-state index contributed by atoms with van der Waals surface area (Å²) in [6.07, 6.45) is 6.94. The zero-order chi connectivity index (χ0) is 16.2. The van der Waals surface area contributed by atoms with E-state index in [4.69, 9.17) is 10.5 Å². The number of aromatic nitrogens is 2. The molecule has 6 heteroatoms. The first-order valence-electron chi connectivity index (χ1n) is 7.89. The third kappa shape index (κ3) is 3.70. The highest BCUT2D eigenvalue weighted by Gasteiger charge is 2.20. The van der Waals surface area contributed by atoms with Gasteiger partial charge in [-0.15, -0.1) is 0 Å². The summed E-state index contributed by atoms with van der Waals surface area (Å²) in [5, 5.41) is 0. The largest absolute Gasteiger partial charge is 0.442 e. The van der Waals surface area contributed by atoms with Crippen LogP contribution in [0.25, 0.3) is 11.3 Å². The van der Waals surface area contributed by atoms with E-state index in [0.29, 0.717) is 11.9 Å². The smallest absolute Gasteiger partial charge is 0.404 e. The lowest BCUT2D eigenvalue weighted by atomic mass is 9.95. The fraction of sp³-hybridized carbons (Fsp3) is 0.412. The molecule has 3 rings (SSSR count). The topological polar surface area (TPSA) is 70.1 Å². The molecule has 0 radical (unpaired) electrons. The van der Waals surface area contributed by atoms with Crippen molar-refractivity contribution in [3.05, 3.63) is 42.1 Å². The van der Waals surface area contributed by atoms with Gasteiger partial charge >= 0.3 is 6.09 Å². The average molecular weight is 317 g/mol. The standard InChI is InChI=1S/C17H20FN3O2/c18-13-8-6-12(7-9-13)15-10-21(14-4-2-1-3-5-14)16(20-15)11-23-17(19)22/h6-10,14H,1-5,11H2,(H2,19,22). The van der Waals surface area contributed by atoms with E-state index in [1.165, 1.54) is 31.4 Å². The van der Waals surface area contributed by atoms with E-state index in [2.05, 4.69) is 9.55 Å². The molecule has 1 aromatic carbocycles. The zero-order valence-corrected chi connectivity index (χ0v) is 12.9. The fourth-order valence-electron chi connectivity index (χ4n) is 3.11. The van der Waals surface area contributed by atoms with Gasteiger partial charge in [-0.25, -0.2) is 14.2 Å². The second-order valence-electron chi connectivity index (χ2n) is 5.86. The van der Waals surface area contributed by atoms with Crippen LogP contribution in [0.1, 0.15) is 44.0 Å². The maximum absolute atomic E-state index is 13.1. The summed E-state index contributed by atoms with van der Waals surface area (Å²) in [4.78, 5) is 15.5. The molecule has 0 atom stereocenters. The van der Waals surface area contributed by atoms with E-state index in [0.717, 1.165) is 24.1 Å². The summed E-state index contributed by atoms with van der Waals surface area (Å²) in [6.45, 7) is 0.0486. The molecule has 0 bridgehead atoms. The first-order valence-corrected chi connectivity index (χ1v) is 7.89. The van der Waals surface area contributed by atoms with Crippen LogP contribution in [0.5, 0.6) is 0 Å². The minimum atomic E-state index is -0.813. The van der Waals surface area contributed by atoms with Crippen molar-refractivity contribution in [3.8, 4) is 11.3 Å². The van der Waals surface area contributed by atoms with Crippen LogP contribution in [0.2, 0.25) is 0 Å². The van der Waals surface area contributed by atoms with Crippen molar-refractivity contribution in [3.63, 3.8) is 0 Å². The highest BCUT2D eigenvalue weighted by molar-refractivity contribution is 5.64. The first kappa shape index (κ1) is 15.5. The van der Waals surface area contributed by atoms with Crippen molar-refractivity contribution in [2.45, 2.75) is 44.8 Å². The highest BCUT2D eigenvalue weighted by Crippen LogP contribution is 2.31. The molecule has 5 nitrogen and oxygen atoms in total. The van der Waals surface area contributed by atoms with Crippen LogP contribution in [0, 0.1) is 5.82 Å². The molecule has 1 amide bonds. The maximum atomic E-state index is 13.1. The molecule has 1 aromatic heterocycles. The van der Waals surface area contributed by atoms with Gasteiger partial charge in [0.05, 0.1) is 5.69 Å². The Labute approximate surface area is 134 Å². The molecular formula is C17H20FN3O2. The van der Waals surface area contributed by atoms with E-state index in [9.17, 15) is 9.18 Å². The van der Waals surface area contributed by atoms with E-state index in [1.807, 2.05) is 6.20 Å². The quantitative estimate of drug-likeness (QED) is 0.932. The third-order valence-corrected chi connectivity index (χ3v) is 4.26. The molecular weight excluding hydrogens is 297 g/mol. The molecule has 0 saturated heterocycles. The summed E-state index contributed by atoms with van der Waals surface area (Å²) in [6, 6.07) is 6.57. The Morgan fingerprint density at radius 2 is 1.96 bits per heavy atom. The molecule has 0 spiro atoms. The van der Waals surface area contributed by atoms with Crippen LogP contribution in [-0.2, 0) is 11.3 Å². The Morgan fingerprint density at radius 1 is 1.26 bits per heavy atom. The highest BCUT2D eigenvalue weighted by atomic mass is 19.1. The van der Waals surface area contributed by atoms with Crippen molar-refractivity contribution in [2.75, 3.05) is 0 Å². The van der Waals surface area contributed by atoms with Gasteiger partial charge in [0, 0.05) is 17.8 Å². The number of nitrogens with zero attached hydrogens (tertiary/aromatic N) is 2. The predicted octanol–water partition coefficient (Wildman–Crippen LogP) is 3.79. The van der Waals surface area contributed by atoms with Gasteiger partial charge in [0.25, 0.3) is 0 Å². The molecule has 1 heterocycles. The monoisotopic (exact) mass is 317 g/mol. The van der Waals surface area contributed by atoms with E-state index >= 15 is 0 Å². The molecule has 1 aliphatic carbocycles. The number of amides is 1. The number of benzene rings is 1. The van der Waals surface area contributed by atoms with Crippen LogP contribution in [0.3, 0.4) is 0 Å². The molecule has 1 saturated carbocycles. The lowest BCUT2D eigenvalue weighted by Gasteiger charge is -2.24. The molecule has 1 aliphatic rings. The lowest BCUT2D eigenvalue weighted by molar-refractivity contribution is 0.144. The Balaban J connectivity index is 1.91. The second-order valence-corrected chi connectivity index (χ2v) is 5.86. The summed E-state index contributed by atoms with van der Waals surface area (Å²) in [5.74, 6) is 0.396. The van der Waals surface area contributed by atoms with Crippen molar-refractivity contribution < 1.29 is 13.9 Å². The minimum absolute atomic E-state index is 0.0486. The van der Waals surface area contributed by atoms with Crippen molar-refractivity contribution in [1.29, 1.82) is 0 Å². The summed E-state index contributed by atoms with van der Waals surface area (Å²) in [7, 11) is 0. The van der Waals surface area contributed by atoms with E-state index in [1.54, 1.807) is 12.1 Å². The molecule has 23 heavy (non-hydrogen) atoms. The van der Waals surface area contributed by atoms with Gasteiger partial charge in [0.1, 0.15) is 11.6 Å². The van der Waals surface area contributed by atoms with Crippen molar-refractivity contribution in [2.24, 2.45) is 5.73 Å². The number of imidazole rings is 1. The number of rotatable bonds is 4. The van der Waals surface area contributed by atoms with Gasteiger partial charge in [-0.1, -0.05) is 19.3 Å². The molecule has 1 fully saturated rings. The average Bonchev–Trinajstić information content (AvgIpc) is 2.98. The van der Waals surface area contributed by atoms with Gasteiger partial charge in [-0.3, -0.25) is 0 Å². The van der Waals surface area contributed by atoms with Gasteiger partial charge < -0.3 is 15.0 Å². The third-order valence-electron chi connectivity index (χ3n) is 4.26. The molecule has 0 unspecified atom stereocenters. The zero-order valence-electron chi connectivity index (χ0n) is 12.9. The Bertz CT molecular complexity index is 676. The Morgan fingerprint density at radius 3 is 2.61 bits per heavy atom. The maximum Gasteiger partial charge on any atom is 0.404 e. The Hall–Kier alpha value is -2.37. The fourth-order valence-corrected chi connectivity index (χ4v) is 3.11. The van der Waals surface area contributed by atoms with E-state index < -0.39 is 6.09 Å².